The molecule has 0 bridgehead atoms. The van der Waals surface area contributed by atoms with Crippen LogP contribution < -0.4 is 0 Å². The molecule has 0 saturated heterocycles. The summed E-state index contributed by atoms with van der Waals surface area (Å²) in [6.45, 7) is 3.96. The van der Waals surface area contributed by atoms with Crippen molar-refractivity contribution in [2.75, 3.05) is 0 Å². The van der Waals surface area contributed by atoms with Crippen LogP contribution in [0.2, 0.25) is 0 Å². The molecule has 5 atom stereocenters. The van der Waals surface area contributed by atoms with E-state index in [-0.39, 0.29) is 29.6 Å². The third-order valence-electron chi connectivity index (χ3n) is 5.44. The number of aliphatic carboxylic acids is 1. The van der Waals surface area contributed by atoms with Gasteiger partial charge in [-0.1, -0.05) is 50.3 Å². The standard InChI is InChI=1S/C22H31ClO4/c1-14(2)22(27)16-11-9-15(10-12-16)21-17(18(23)13-19(21)24)7-5-3-4-6-8-20(25)26/h3,5,9-12,14,17-19,21-22,24,27H,4,6-8,13H2,1-2H3,(H,25,26)/b5-3-/t17-,18-,19+,21+,22?/m0/s1. The summed E-state index contributed by atoms with van der Waals surface area (Å²) < 4.78 is 0. The first kappa shape index (κ1) is 21.9. The van der Waals surface area contributed by atoms with Crippen LogP contribution >= 0.6 is 11.6 Å². The van der Waals surface area contributed by atoms with Gasteiger partial charge in [-0.25, -0.2) is 0 Å². The average molecular weight is 395 g/mol. The fraction of sp³-hybridized carbons (Fsp3) is 0.591. The van der Waals surface area contributed by atoms with Gasteiger partial charge in [0.05, 0.1) is 12.2 Å². The van der Waals surface area contributed by atoms with Crippen molar-refractivity contribution in [1.29, 1.82) is 0 Å². The number of carboxylic acid groups (broad SMARTS) is 1. The van der Waals surface area contributed by atoms with Gasteiger partial charge in [-0.15, -0.1) is 11.6 Å². The highest BCUT2D eigenvalue weighted by atomic mass is 35.5. The van der Waals surface area contributed by atoms with E-state index in [4.69, 9.17) is 16.7 Å². The molecule has 0 amide bonds. The van der Waals surface area contributed by atoms with Crippen LogP contribution in [0.3, 0.4) is 0 Å². The van der Waals surface area contributed by atoms with Crippen molar-refractivity contribution in [3.8, 4) is 0 Å². The summed E-state index contributed by atoms with van der Waals surface area (Å²) in [5, 5.41) is 29.3. The summed E-state index contributed by atoms with van der Waals surface area (Å²) in [7, 11) is 0. The summed E-state index contributed by atoms with van der Waals surface area (Å²) in [4.78, 5) is 10.5. The highest BCUT2D eigenvalue weighted by molar-refractivity contribution is 6.21. The Morgan fingerprint density at radius 1 is 1.26 bits per heavy atom. The van der Waals surface area contributed by atoms with Crippen molar-refractivity contribution in [3.63, 3.8) is 0 Å². The highest BCUT2D eigenvalue weighted by Gasteiger charge is 2.41. The Bertz CT molecular complexity index is 626. The van der Waals surface area contributed by atoms with E-state index >= 15 is 0 Å². The Labute approximate surface area is 166 Å². The summed E-state index contributed by atoms with van der Waals surface area (Å²) in [5.41, 5.74) is 1.94. The van der Waals surface area contributed by atoms with Gasteiger partial charge < -0.3 is 15.3 Å². The van der Waals surface area contributed by atoms with E-state index < -0.39 is 18.2 Å². The zero-order valence-electron chi connectivity index (χ0n) is 16.1. The van der Waals surface area contributed by atoms with E-state index in [0.717, 1.165) is 24.0 Å². The lowest BCUT2D eigenvalue weighted by molar-refractivity contribution is -0.137. The van der Waals surface area contributed by atoms with Crippen molar-refractivity contribution in [1.82, 2.24) is 0 Å². The van der Waals surface area contributed by atoms with Gasteiger partial charge in [-0.05, 0) is 48.6 Å². The molecular weight excluding hydrogens is 364 g/mol. The highest BCUT2D eigenvalue weighted by Crippen LogP contribution is 2.45. The second-order valence-electron chi connectivity index (χ2n) is 7.86. The maximum atomic E-state index is 10.5. The van der Waals surface area contributed by atoms with Crippen LogP contribution in [0.4, 0.5) is 0 Å². The third kappa shape index (κ3) is 6.06. The Kier molecular flexibility index (Phi) is 8.33. The van der Waals surface area contributed by atoms with Crippen LogP contribution in [-0.2, 0) is 4.79 Å². The van der Waals surface area contributed by atoms with E-state index in [1.165, 1.54) is 0 Å². The van der Waals surface area contributed by atoms with Gasteiger partial charge in [0.15, 0.2) is 0 Å². The molecule has 27 heavy (non-hydrogen) atoms. The number of unbranched alkanes of at least 4 members (excludes halogenated alkanes) is 1. The summed E-state index contributed by atoms with van der Waals surface area (Å²) in [6.07, 6.45) is 5.99. The van der Waals surface area contributed by atoms with Crippen LogP contribution in [0.1, 0.15) is 69.1 Å². The number of carbonyl (C=O) groups is 1. The molecule has 0 spiro atoms. The minimum atomic E-state index is -0.769. The van der Waals surface area contributed by atoms with E-state index in [0.29, 0.717) is 12.8 Å². The quantitative estimate of drug-likeness (QED) is 0.323. The molecule has 1 unspecified atom stereocenters. The first-order valence-corrected chi connectivity index (χ1v) is 10.2. The minimum Gasteiger partial charge on any atom is -0.481 e. The van der Waals surface area contributed by atoms with Crippen molar-refractivity contribution in [2.24, 2.45) is 11.8 Å². The van der Waals surface area contributed by atoms with Crippen LogP contribution in [0.5, 0.6) is 0 Å². The van der Waals surface area contributed by atoms with Gasteiger partial charge in [-0.3, -0.25) is 4.79 Å². The fourth-order valence-electron chi connectivity index (χ4n) is 3.87. The number of benzene rings is 1. The second kappa shape index (κ2) is 10.3. The van der Waals surface area contributed by atoms with Gasteiger partial charge in [0.25, 0.3) is 0 Å². The third-order valence-corrected chi connectivity index (χ3v) is 5.94. The maximum Gasteiger partial charge on any atom is 0.303 e. The zero-order chi connectivity index (χ0) is 20.0. The van der Waals surface area contributed by atoms with E-state index in [1.807, 2.05) is 44.2 Å². The molecule has 1 fully saturated rings. The predicted molar refractivity (Wildman–Crippen MR) is 108 cm³/mol. The number of aliphatic hydroxyl groups excluding tert-OH is 2. The smallest absolute Gasteiger partial charge is 0.303 e. The molecule has 0 radical (unpaired) electrons. The number of hydrogen-bond acceptors (Lipinski definition) is 3. The molecule has 0 aromatic heterocycles. The van der Waals surface area contributed by atoms with Crippen LogP contribution in [0.15, 0.2) is 36.4 Å². The number of hydrogen-bond donors (Lipinski definition) is 3. The molecule has 1 aromatic rings. The molecule has 1 aliphatic carbocycles. The minimum absolute atomic E-state index is 0.0265. The Morgan fingerprint density at radius 3 is 2.52 bits per heavy atom. The van der Waals surface area contributed by atoms with Gasteiger partial charge >= 0.3 is 5.97 Å². The molecule has 1 aromatic carbocycles. The molecular formula is C22H31ClO4. The summed E-state index contributed by atoms with van der Waals surface area (Å²) in [6, 6.07) is 7.86. The number of alkyl halides is 1. The largest absolute Gasteiger partial charge is 0.481 e. The van der Waals surface area contributed by atoms with Crippen molar-refractivity contribution < 1.29 is 20.1 Å². The molecule has 3 N–H and O–H groups in total. The van der Waals surface area contributed by atoms with Crippen molar-refractivity contribution in [3.05, 3.63) is 47.5 Å². The molecule has 150 valence electrons. The van der Waals surface area contributed by atoms with Crippen molar-refractivity contribution >= 4 is 17.6 Å². The van der Waals surface area contributed by atoms with Crippen molar-refractivity contribution in [2.45, 2.75) is 69.5 Å². The molecule has 2 rings (SSSR count). The Morgan fingerprint density at radius 2 is 1.93 bits per heavy atom. The predicted octanol–water partition coefficient (Wildman–Crippen LogP) is 4.65. The molecule has 1 aliphatic rings. The second-order valence-corrected chi connectivity index (χ2v) is 8.42. The lowest BCUT2D eigenvalue weighted by Gasteiger charge is -2.24. The first-order valence-electron chi connectivity index (χ1n) is 9.78. The maximum absolute atomic E-state index is 10.5. The van der Waals surface area contributed by atoms with Crippen LogP contribution in [0.25, 0.3) is 0 Å². The Hall–Kier alpha value is -1.36. The lowest BCUT2D eigenvalue weighted by atomic mass is 9.84. The monoisotopic (exact) mass is 394 g/mol. The lowest BCUT2D eigenvalue weighted by Crippen LogP contribution is -2.18. The summed E-state index contributed by atoms with van der Waals surface area (Å²) >= 11 is 6.51. The van der Waals surface area contributed by atoms with Gasteiger partial charge in [0.1, 0.15) is 0 Å². The SMILES string of the molecule is CC(C)C(O)c1ccc([C@@H]2[C@@H](C/C=C\CCCC(=O)O)[C@@H](Cl)C[C@H]2O)cc1. The van der Waals surface area contributed by atoms with E-state index in [1.54, 1.807) is 0 Å². The normalized spacial score (nSPS) is 26.7. The number of rotatable bonds is 9. The molecule has 0 heterocycles. The molecule has 4 nitrogen and oxygen atoms in total. The van der Waals surface area contributed by atoms with Crippen LogP contribution in [-0.4, -0.2) is 32.8 Å². The van der Waals surface area contributed by atoms with E-state index in [2.05, 4.69) is 6.08 Å². The topological polar surface area (TPSA) is 77.8 Å². The number of aliphatic hydroxyl groups is 2. The first-order chi connectivity index (χ1) is 12.8. The fourth-order valence-corrected chi connectivity index (χ4v) is 4.31. The number of carboxylic acids is 1. The summed E-state index contributed by atoms with van der Waals surface area (Å²) in [5.74, 6) is -0.506. The molecule has 1 saturated carbocycles. The number of allylic oxidation sites excluding steroid dienone is 2. The van der Waals surface area contributed by atoms with E-state index in [9.17, 15) is 15.0 Å². The molecule has 5 heteroatoms. The zero-order valence-corrected chi connectivity index (χ0v) is 16.8. The van der Waals surface area contributed by atoms with Gasteiger partial charge in [0.2, 0.25) is 0 Å². The molecule has 0 aliphatic heterocycles. The average Bonchev–Trinajstić information content (AvgIpc) is 2.90. The van der Waals surface area contributed by atoms with Gasteiger partial charge in [-0.2, -0.15) is 0 Å². The number of halogens is 1. The van der Waals surface area contributed by atoms with Gasteiger partial charge in [0, 0.05) is 17.7 Å². The van der Waals surface area contributed by atoms with Crippen LogP contribution in [0, 0.1) is 11.8 Å². The Balaban J connectivity index is 2.02.